The molecule has 1 heterocycles. The van der Waals surface area contributed by atoms with Gasteiger partial charge in [-0.25, -0.2) is 0 Å². The van der Waals surface area contributed by atoms with Crippen molar-refractivity contribution in [1.82, 2.24) is 0 Å². The third-order valence-corrected chi connectivity index (χ3v) is 6.34. The summed E-state index contributed by atoms with van der Waals surface area (Å²) in [5, 5.41) is 10.7. The van der Waals surface area contributed by atoms with Gasteiger partial charge in [0.25, 0.3) is 7.37 Å². The quantitative estimate of drug-likeness (QED) is 0.603. The Labute approximate surface area is 135 Å². The predicted octanol–water partition coefficient (Wildman–Crippen LogP) is 5.45. The van der Waals surface area contributed by atoms with E-state index in [9.17, 15) is 9.67 Å². The smallest absolute Gasteiger partial charge is 0.262 e. The van der Waals surface area contributed by atoms with E-state index in [4.69, 9.17) is 4.52 Å². The highest BCUT2D eigenvalue weighted by Crippen LogP contribution is 2.70. The van der Waals surface area contributed by atoms with E-state index in [0.717, 1.165) is 17.4 Å². The molecule has 0 amide bonds. The minimum absolute atomic E-state index is 0.585. The van der Waals surface area contributed by atoms with Crippen molar-refractivity contribution in [1.29, 1.82) is 0 Å². The fourth-order valence-corrected chi connectivity index (χ4v) is 4.92. The summed E-state index contributed by atoms with van der Waals surface area (Å²) in [6.45, 7) is 0. The van der Waals surface area contributed by atoms with Crippen LogP contribution >= 0.6 is 7.37 Å². The first-order chi connectivity index (χ1) is 11.2. The van der Waals surface area contributed by atoms with E-state index in [-0.39, 0.29) is 0 Å². The number of rotatable bonds is 3. The van der Waals surface area contributed by atoms with Crippen LogP contribution in [0.5, 0.6) is 0 Å². The molecule has 2 aromatic rings. The van der Waals surface area contributed by atoms with Gasteiger partial charge in [0.05, 0.1) is 6.26 Å². The zero-order valence-electron chi connectivity index (χ0n) is 12.7. The minimum atomic E-state index is -3.24. The van der Waals surface area contributed by atoms with Gasteiger partial charge in [0.15, 0.2) is 0 Å². The number of aliphatic hydroxyl groups is 1. The lowest BCUT2D eigenvalue weighted by Crippen LogP contribution is -2.00. The molecule has 0 unspecified atom stereocenters. The molecule has 3 rings (SSSR count). The normalized spacial score (nSPS) is 20.7. The maximum Gasteiger partial charge on any atom is 0.262 e. The van der Waals surface area contributed by atoms with Crippen molar-refractivity contribution in [3.63, 3.8) is 0 Å². The van der Waals surface area contributed by atoms with Crippen LogP contribution in [0.1, 0.15) is 11.1 Å². The molecule has 1 N–H and O–H groups in total. The molecule has 4 heteroatoms. The molecular weight excluding hydrogens is 307 g/mol. The van der Waals surface area contributed by atoms with Gasteiger partial charge in [0.1, 0.15) is 0 Å². The Bertz CT molecular complexity index is 770. The summed E-state index contributed by atoms with van der Waals surface area (Å²) < 4.78 is 19.2. The average molecular weight is 324 g/mol. The number of allylic oxidation sites excluding steroid dienone is 3. The van der Waals surface area contributed by atoms with Gasteiger partial charge in [-0.05, 0) is 23.3 Å². The molecule has 2 aromatic carbocycles. The highest BCUT2D eigenvalue weighted by molar-refractivity contribution is 7.79. The maximum absolute atomic E-state index is 13.7. The van der Waals surface area contributed by atoms with Crippen molar-refractivity contribution in [2.75, 3.05) is 7.11 Å². The summed E-state index contributed by atoms with van der Waals surface area (Å²) in [5.74, 6) is 0. The molecular formula is C19H17O3P. The second-order valence-electron chi connectivity index (χ2n) is 5.15. The van der Waals surface area contributed by atoms with Crippen molar-refractivity contribution in [3.05, 3.63) is 95.8 Å². The van der Waals surface area contributed by atoms with Gasteiger partial charge in [-0.15, -0.1) is 0 Å². The topological polar surface area (TPSA) is 46.5 Å². The van der Waals surface area contributed by atoms with E-state index in [2.05, 4.69) is 0 Å². The molecule has 0 saturated heterocycles. The molecule has 23 heavy (non-hydrogen) atoms. The van der Waals surface area contributed by atoms with E-state index in [1.807, 2.05) is 60.7 Å². The SMILES string of the molecule is COP1(=O)C(c2ccccc2)=CC(=CO)C=C1c1ccccc1. The monoisotopic (exact) mass is 324 g/mol. The first-order valence-electron chi connectivity index (χ1n) is 7.24. The molecule has 0 spiro atoms. The molecule has 3 nitrogen and oxygen atoms in total. The number of aliphatic hydroxyl groups excluding tert-OH is 1. The molecule has 0 radical (unpaired) electrons. The molecule has 1 aliphatic rings. The minimum Gasteiger partial charge on any atom is -0.515 e. The Balaban J connectivity index is 2.22. The van der Waals surface area contributed by atoms with Crippen LogP contribution in [0.25, 0.3) is 10.6 Å². The van der Waals surface area contributed by atoms with Gasteiger partial charge in [-0.1, -0.05) is 60.7 Å². The zero-order valence-corrected chi connectivity index (χ0v) is 13.6. The predicted molar refractivity (Wildman–Crippen MR) is 94.2 cm³/mol. The number of benzene rings is 2. The lowest BCUT2D eigenvalue weighted by atomic mass is 10.1. The van der Waals surface area contributed by atoms with Crippen LogP contribution in [-0.4, -0.2) is 12.2 Å². The van der Waals surface area contributed by atoms with Gasteiger partial charge in [-0.3, -0.25) is 4.57 Å². The van der Waals surface area contributed by atoms with Gasteiger partial charge in [0.2, 0.25) is 0 Å². The Morgan fingerprint density at radius 3 is 1.65 bits per heavy atom. The van der Waals surface area contributed by atoms with Gasteiger partial charge < -0.3 is 9.63 Å². The summed E-state index contributed by atoms with van der Waals surface area (Å²) in [7, 11) is -1.78. The molecule has 0 fully saturated rings. The van der Waals surface area contributed by atoms with Gasteiger partial charge in [0, 0.05) is 23.3 Å². The molecule has 0 bridgehead atoms. The maximum atomic E-state index is 13.7. The van der Waals surface area contributed by atoms with Crippen molar-refractivity contribution < 1.29 is 14.2 Å². The molecule has 116 valence electrons. The van der Waals surface area contributed by atoms with Crippen LogP contribution in [-0.2, 0) is 9.09 Å². The van der Waals surface area contributed by atoms with E-state index in [1.54, 1.807) is 12.2 Å². The van der Waals surface area contributed by atoms with Crippen LogP contribution in [0.3, 0.4) is 0 Å². The summed E-state index contributed by atoms with van der Waals surface area (Å²) in [5.41, 5.74) is 2.23. The number of hydrogen-bond acceptors (Lipinski definition) is 3. The summed E-state index contributed by atoms with van der Waals surface area (Å²) in [6, 6.07) is 18.9. The number of hydrogen-bond donors (Lipinski definition) is 1. The Morgan fingerprint density at radius 1 is 0.870 bits per heavy atom. The lowest BCUT2D eigenvalue weighted by Gasteiger charge is -2.26. The Morgan fingerprint density at radius 2 is 1.30 bits per heavy atom. The summed E-state index contributed by atoms with van der Waals surface area (Å²) >= 11 is 0. The van der Waals surface area contributed by atoms with E-state index >= 15 is 0 Å². The van der Waals surface area contributed by atoms with Crippen LogP contribution in [0.4, 0.5) is 0 Å². The van der Waals surface area contributed by atoms with Crippen molar-refractivity contribution in [2.45, 2.75) is 0 Å². The second kappa shape index (κ2) is 6.41. The zero-order chi connectivity index (χ0) is 16.3. The van der Waals surface area contributed by atoms with Crippen LogP contribution in [0.2, 0.25) is 0 Å². The van der Waals surface area contributed by atoms with Crippen LogP contribution in [0, 0.1) is 0 Å². The van der Waals surface area contributed by atoms with E-state index < -0.39 is 7.37 Å². The Kier molecular flexibility index (Phi) is 4.33. The molecule has 1 aliphatic heterocycles. The molecule has 0 aliphatic carbocycles. The highest BCUT2D eigenvalue weighted by Gasteiger charge is 2.36. The largest absolute Gasteiger partial charge is 0.515 e. The molecule has 0 atom stereocenters. The standard InChI is InChI=1S/C19H17O3P/c1-22-23(21)18(16-8-4-2-5-9-16)12-15(14-20)13-19(23)17-10-6-3-7-11-17/h2-14,20H,1H3. The van der Waals surface area contributed by atoms with E-state index in [1.165, 1.54) is 7.11 Å². The lowest BCUT2D eigenvalue weighted by molar-refractivity contribution is 0.413. The summed E-state index contributed by atoms with van der Waals surface area (Å²) in [4.78, 5) is 0. The van der Waals surface area contributed by atoms with Gasteiger partial charge in [-0.2, -0.15) is 0 Å². The molecule has 0 aromatic heterocycles. The van der Waals surface area contributed by atoms with Gasteiger partial charge >= 0.3 is 0 Å². The highest BCUT2D eigenvalue weighted by atomic mass is 31.2. The van der Waals surface area contributed by atoms with Crippen molar-refractivity contribution in [3.8, 4) is 0 Å². The molecule has 0 saturated carbocycles. The third kappa shape index (κ3) is 2.81. The Hall–Kier alpha value is -2.35. The van der Waals surface area contributed by atoms with Crippen molar-refractivity contribution >= 4 is 18.0 Å². The fourth-order valence-electron chi connectivity index (χ4n) is 2.65. The second-order valence-corrected chi connectivity index (χ2v) is 7.59. The third-order valence-electron chi connectivity index (χ3n) is 3.79. The van der Waals surface area contributed by atoms with Crippen LogP contribution in [0.15, 0.2) is 84.7 Å². The summed E-state index contributed by atoms with van der Waals surface area (Å²) in [6.07, 6.45) is 4.45. The first-order valence-corrected chi connectivity index (χ1v) is 8.87. The fraction of sp³-hybridized carbons (Fsp3) is 0.0526. The average Bonchev–Trinajstić information content (AvgIpc) is 2.63. The van der Waals surface area contributed by atoms with E-state index in [0.29, 0.717) is 16.2 Å². The van der Waals surface area contributed by atoms with Crippen LogP contribution < -0.4 is 0 Å². The van der Waals surface area contributed by atoms with Crippen molar-refractivity contribution in [2.24, 2.45) is 0 Å². The first kappa shape index (κ1) is 15.5.